The van der Waals surface area contributed by atoms with E-state index in [4.69, 9.17) is 9.47 Å². The monoisotopic (exact) mass is 421 g/mol. The molecule has 0 aliphatic rings. The summed E-state index contributed by atoms with van der Waals surface area (Å²) in [5.41, 5.74) is 6.07. The molecule has 3 rings (SSSR count). The van der Waals surface area contributed by atoms with Crippen LogP contribution in [-0.4, -0.2) is 24.0 Å². The zero-order chi connectivity index (χ0) is 22.7. The predicted molar refractivity (Wildman–Crippen MR) is 131 cm³/mol. The van der Waals surface area contributed by atoms with E-state index in [1.54, 1.807) is 0 Å². The summed E-state index contributed by atoms with van der Waals surface area (Å²) in [5.74, 6) is 2.28. The molecule has 0 aliphatic heterocycles. The summed E-state index contributed by atoms with van der Waals surface area (Å²) in [4.78, 5) is 15.5. The lowest BCUT2D eigenvalue weighted by Gasteiger charge is -2.13. The molecule has 0 radical (unpaired) electrons. The highest BCUT2D eigenvalue weighted by Crippen LogP contribution is 2.40. The number of fused-ring (bicyclic) bond motifs is 3. The van der Waals surface area contributed by atoms with Crippen molar-refractivity contribution in [2.75, 3.05) is 6.61 Å². The van der Waals surface area contributed by atoms with Gasteiger partial charge in [0.15, 0.2) is 6.29 Å². The lowest BCUT2D eigenvalue weighted by atomic mass is 9.97. The maximum Gasteiger partial charge on any atom is 0.150 e. The van der Waals surface area contributed by atoms with Gasteiger partial charge >= 0.3 is 0 Å². The second-order valence-corrected chi connectivity index (χ2v) is 9.00. The number of carbonyl (C=O) groups is 1. The molecule has 0 atom stereocenters. The van der Waals surface area contributed by atoms with Gasteiger partial charge in [-0.1, -0.05) is 25.5 Å². The highest BCUT2D eigenvalue weighted by atomic mass is 16.5. The van der Waals surface area contributed by atoms with Crippen LogP contribution in [0.4, 0.5) is 0 Å². The smallest absolute Gasteiger partial charge is 0.150 e. The van der Waals surface area contributed by atoms with Gasteiger partial charge in [0.05, 0.1) is 23.7 Å². The molecule has 0 bridgehead atoms. The van der Waals surface area contributed by atoms with Crippen molar-refractivity contribution in [3.05, 3.63) is 40.5 Å². The normalized spacial score (nSPS) is 12.4. The van der Waals surface area contributed by atoms with Gasteiger partial charge in [0.2, 0.25) is 0 Å². The molecule has 3 aromatic rings. The van der Waals surface area contributed by atoms with E-state index >= 15 is 0 Å². The Labute approximate surface area is 185 Å². The number of rotatable bonds is 9. The van der Waals surface area contributed by atoms with E-state index in [0.717, 1.165) is 63.6 Å². The zero-order valence-electron chi connectivity index (χ0n) is 19.9. The molecule has 4 heteroatoms. The highest BCUT2D eigenvalue weighted by Gasteiger charge is 2.19. The second kappa shape index (κ2) is 9.59. The first-order chi connectivity index (χ1) is 14.8. The van der Waals surface area contributed by atoms with Gasteiger partial charge in [-0.15, -0.1) is 0 Å². The van der Waals surface area contributed by atoms with Gasteiger partial charge in [-0.3, -0.25) is 4.79 Å². The third-order valence-electron chi connectivity index (χ3n) is 5.60. The Bertz CT molecular complexity index is 1120. The quantitative estimate of drug-likeness (QED) is 0.365. The fraction of sp³-hybridized carbons (Fsp3) is 0.444. The molecule has 0 saturated carbocycles. The number of aromatic nitrogens is 1. The largest absolute Gasteiger partial charge is 0.494 e. The van der Waals surface area contributed by atoms with E-state index in [2.05, 4.69) is 44.8 Å². The summed E-state index contributed by atoms with van der Waals surface area (Å²) < 4.78 is 12.0. The topological polar surface area (TPSA) is 51.3 Å². The first kappa shape index (κ1) is 22.9. The van der Waals surface area contributed by atoms with Crippen LogP contribution in [0.25, 0.3) is 27.9 Å². The number of benzene rings is 2. The summed E-state index contributed by atoms with van der Waals surface area (Å²) in [7, 11) is 0. The third kappa shape index (κ3) is 4.79. The molecule has 0 unspecified atom stereocenters. The van der Waals surface area contributed by atoms with Crippen molar-refractivity contribution >= 4 is 34.2 Å². The van der Waals surface area contributed by atoms with Crippen LogP contribution in [-0.2, 0) is 0 Å². The Morgan fingerprint density at radius 1 is 1.13 bits per heavy atom. The molecule has 1 N–H and O–H groups in total. The Morgan fingerprint density at radius 2 is 1.87 bits per heavy atom. The number of allylic oxidation sites excluding steroid dienone is 1. The molecule has 166 valence electrons. The van der Waals surface area contributed by atoms with Crippen molar-refractivity contribution in [3.8, 4) is 11.5 Å². The van der Waals surface area contributed by atoms with Crippen LogP contribution in [0.2, 0.25) is 0 Å². The van der Waals surface area contributed by atoms with Gasteiger partial charge in [-0.25, -0.2) is 0 Å². The Balaban J connectivity index is 2.35. The predicted octanol–water partition coefficient (Wildman–Crippen LogP) is 7.47. The summed E-state index contributed by atoms with van der Waals surface area (Å²) >= 11 is 0. The van der Waals surface area contributed by atoms with Crippen LogP contribution in [0.3, 0.4) is 0 Å². The Kier molecular flexibility index (Phi) is 7.09. The molecule has 4 nitrogen and oxygen atoms in total. The fourth-order valence-corrected chi connectivity index (χ4v) is 4.02. The minimum Gasteiger partial charge on any atom is -0.494 e. The molecule has 2 aromatic carbocycles. The number of aromatic amines is 1. The van der Waals surface area contributed by atoms with E-state index < -0.39 is 0 Å². The SMILES string of the molecule is CCOc1cc2c([nH]c3c(OC(C)C)ccc(C=O)c32)c(/C=C(\C)CCC(C)C)c1C. The van der Waals surface area contributed by atoms with Gasteiger partial charge in [-0.05, 0) is 71.6 Å². The molecule has 1 heterocycles. The number of aldehydes is 1. The average Bonchev–Trinajstić information content (AvgIpc) is 3.09. The number of ether oxygens (including phenoxy) is 2. The lowest BCUT2D eigenvalue weighted by Crippen LogP contribution is -2.06. The maximum atomic E-state index is 11.9. The molecule has 31 heavy (non-hydrogen) atoms. The molecule has 0 aliphatic carbocycles. The first-order valence-electron chi connectivity index (χ1n) is 11.3. The minimum absolute atomic E-state index is 0.0371. The van der Waals surface area contributed by atoms with Crippen LogP contribution < -0.4 is 9.47 Å². The van der Waals surface area contributed by atoms with Crippen molar-refractivity contribution in [3.63, 3.8) is 0 Å². The first-order valence-corrected chi connectivity index (χ1v) is 11.3. The summed E-state index contributed by atoms with van der Waals surface area (Å²) in [6.07, 6.45) is 5.43. The van der Waals surface area contributed by atoms with Gasteiger partial charge in [0.1, 0.15) is 11.5 Å². The van der Waals surface area contributed by atoms with Crippen molar-refractivity contribution in [1.82, 2.24) is 4.98 Å². The van der Waals surface area contributed by atoms with E-state index in [-0.39, 0.29) is 6.10 Å². The van der Waals surface area contributed by atoms with Crippen molar-refractivity contribution < 1.29 is 14.3 Å². The van der Waals surface area contributed by atoms with Crippen molar-refractivity contribution in [2.24, 2.45) is 5.92 Å². The molecule has 0 amide bonds. The summed E-state index contributed by atoms with van der Waals surface area (Å²) in [6.45, 7) is 15.4. The summed E-state index contributed by atoms with van der Waals surface area (Å²) in [5, 5.41) is 1.88. The molecule has 0 spiro atoms. The van der Waals surface area contributed by atoms with Gasteiger partial charge in [-0.2, -0.15) is 0 Å². The van der Waals surface area contributed by atoms with E-state index in [0.29, 0.717) is 18.1 Å². The lowest BCUT2D eigenvalue weighted by molar-refractivity contribution is 0.112. The molecular weight excluding hydrogens is 386 g/mol. The molecule has 0 saturated heterocycles. The van der Waals surface area contributed by atoms with Crippen LogP contribution in [0.15, 0.2) is 23.8 Å². The van der Waals surface area contributed by atoms with Crippen molar-refractivity contribution in [2.45, 2.75) is 67.4 Å². The number of hydrogen-bond acceptors (Lipinski definition) is 3. The average molecular weight is 422 g/mol. The fourth-order valence-electron chi connectivity index (χ4n) is 4.02. The number of carbonyl (C=O) groups excluding carboxylic acids is 1. The molecule has 1 aromatic heterocycles. The molecular formula is C27H35NO3. The second-order valence-electron chi connectivity index (χ2n) is 9.00. The van der Waals surface area contributed by atoms with E-state index in [9.17, 15) is 4.79 Å². The Hall–Kier alpha value is -2.75. The number of hydrogen-bond donors (Lipinski definition) is 1. The van der Waals surface area contributed by atoms with Crippen LogP contribution in [0, 0.1) is 12.8 Å². The highest BCUT2D eigenvalue weighted by molar-refractivity contribution is 6.17. The van der Waals surface area contributed by atoms with Gasteiger partial charge in [0, 0.05) is 27.5 Å². The Morgan fingerprint density at radius 3 is 2.48 bits per heavy atom. The van der Waals surface area contributed by atoms with Crippen molar-refractivity contribution in [1.29, 1.82) is 0 Å². The van der Waals surface area contributed by atoms with E-state index in [1.807, 2.05) is 32.9 Å². The third-order valence-corrected chi connectivity index (χ3v) is 5.60. The maximum absolute atomic E-state index is 11.9. The van der Waals surface area contributed by atoms with Gasteiger partial charge < -0.3 is 14.5 Å². The van der Waals surface area contributed by atoms with Crippen LogP contribution >= 0.6 is 0 Å². The molecule has 0 fully saturated rings. The standard InChI is InChI=1S/C27H35NO3/c1-8-30-24-14-22-25-20(15-29)11-12-23(31-17(4)5)27(25)28-26(22)21(19(24)7)13-18(6)10-9-16(2)3/h11-17,28H,8-10H2,1-7H3/b18-13+. The zero-order valence-corrected chi connectivity index (χ0v) is 19.9. The number of H-pyrrole nitrogens is 1. The number of nitrogens with one attached hydrogen (secondary N) is 1. The van der Waals surface area contributed by atoms with E-state index in [1.165, 1.54) is 5.57 Å². The minimum atomic E-state index is 0.0371. The summed E-state index contributed by atoms with van der Waals surface area (Å²) in [6, 6.07) is 5.77. The van der Waals surface area contributed by atoms with Gasteiger partial charge in [0.25, 0.3) is 0 Å². The van der Waals surface area contributed by atoms with Crippen LogP contribution in [0.5, 0.6) is 11.5 Å². The van der Waals surface area contributed by atoms with Crippen LogP contribution in [0.1, 0.15) is 75.9 Å².